The van der Waals surface area contributed by atoms with Crippen molar-refractivity contribution < 1.29 is 19.1 Å². The molecule has 1 fully saturated rings. The number of hydrogen-bond acceptors (Lipinski definition) is 5. The summed E-state index contributed by atoms with van der Waals surface area (Å²) in [5.41, 5.74) is 0.673. The molecule has 1 aromatic carbocycles. The third-order valence-corrected chi connectivity index (χ3v) is 4.22. The SMILES string of the molecule is CCOc1c(Cl)cc(/C=C2\SC(=O)N(CC)C2=O)cc1OC. The molecule has 1 saturated heterocycles. The second-order valence-corrected chi connectivity index (χ2v) is 5.79. The first kappa shape index (κ1) is 16.7. The molecule has 118 valence electrons. The number of carbonyl (C=O) groups is 2. The highest BCUT2D eigenvalue weighted by Crippen LogP contribution is 2.38. The van der Waals surface area contributed by atoms with Crippen LogP contribution in [0.3, 0.4) is 0 Å². The van der Waals surface area contributed by atoms with Crippen LogP contribution in [0.15, 0.2) is 17.0 Å². The Morgan fingerprint density at radius 3 is 2.59 bits per heavy atom. The Hall–Kier alpha value is -1.66. The van der Waals surface area contributed by atoms with Crippen LogP contribution in [0.25, 0.3) is 6.08 Å². The monoisotopic (exact) mass is 341 g/mol. The predicted molar refractivity (Wildman–Crippen MR) is 87.5 cm³/mol. The minimum atomic E-state index is -0.290. The van der Waals surface area contributed by atoms with Crippen LogP contribution in [0.5, 0.6) is 11.5 Å². The van der Waals surface area contributed by atoms with E-state index in [1.807, 2.05) is 6.92 Å². The molecular formula is C15H16ClNO4S. The maximum Gasteiger partial charge on any atom is 0.293 e. The molecule has 22 heavy (non-hydrogen) atoms. The highest BCUT2D eigenvalue weighted by atomic mass is 35.5. The van der Waals surface area contributed by atoms with Crippen molar-refractivity contribution in [2.24, 2.45) is 0 Å². The average Bonchev–Trinajstić information content (AvgIpc) is 2.75. The number of methoxy groups -OCH3 is 1. The molecule has 0 saturated carbocycles. The van der Waals surface area contributed by atoms with E-state index in [0.717, 1.165) is 11.8 Å². The van der Waals surface area contributed by atoms with E-state index < -0.39 is 0 Å². The van der Waals surface area contributed by atoms with E-state index in [1.165, 1.54) is 12.0 Å². The molecule has 0 radical (unpaired) electrons. The number of ether oxygens (including phenoxy) is 2. The molecule has 0 unspecified atom stereocenters. The number of benzene rings is 1. The molecule has 1 aromatic rings. The number of carbonyl (C=O) groups excluding carboxylic acids is 2. The number of hydrogen-bond donors (Lipinski definition) is 0. The third-order valence-electron chi connectivity index (χ3n) is 3.03. The summed E-state index contributed by atoms with van der Waals surface area (Å²) in [5, 5.41) is 0.130. The van der Waals surface area contributed by atoms with Crippen molar-refractivity contribution in [3.63, 3.8) is 0 Å². The van der Waals surface area contributed by atoms with Crippen LogP contribution in [-0.4, -0.2) is 36.3 Å². The molecule has 5 nitrogen and oxygen atoms in total. The van der Waals surface area contributed by atoms with E-state index in [0.29, 0.717) is 40.1 Å². The molecule has 0 aromatic heterocycles. The predicted octanol–water partition coefficient (Wildman–Crippen LogP) is 3.80. The fourth-order valence-corrected chi connectivity index (χ4v) is 3.21. The highest BCUT2D eigenvalue weighted by molar-refractivity contribution is 8.18. The molecule has 0 spiro atoms. The minimum Gasteiger partial charge on any atom is -0.493 e. The van der Waals surface area contributed by atoms with Gasteiger partial charge in [0.25, 0.3) is 11.1 Å². The van der Waals surface area contributed by atoms with Crippen LogP contribution in [0.1, 0.15) is 19.4 Å². The molecule has 1 aliphatic rings. The van der Waals surface area contributed by atoms with Gasteiger partial charge in [-0.25, -0.2) is 0 Å². The summed E-state index contributed by atoms with van der Waals surface area (Å²) in [6, 6.07) is 3.39. The molecule has 0 aliphatic carbocycles. The Morgan fingerprint density at radius 2 is 2.05 bits per heavy atom. The van der Waals surface area contributed by atoms with Gasteiger partial charge >= 0.3 is 0 Å². The zero-order valence-corrected chi connectivity index (χ0v) is 14.1. The fourth-order valence-electron chi connectivity index (χ4n) is 2.03. The maximum atomic E-state index is 12.1. The largest absolute Gasteiger partial charge is 0.493 e. The Kier molecular flexibility index (Phi) is 5.37. The van der Waals surface area contributed by atoms with Gasteiger partial charge in [0.15, 0.2) is 11.5 Å². The van der Waals surface area contributed by atoms with Crippen molar-refractivity contribution in [3.05, 3.63) is 27.6 Å². The summed E-state index contributed by atoms with van der Waals surface area (Å²) in [5.74, 6) is 0.655. The highest BCUT2D eigenvalue weighted by Gasteiger charge is 2.33. The van der Waals surface area contributed by atoms with Gasteiger partial charge in [-0.15, -0.1) is 0 Å². The Bertz CT molecular complexity index is 645. The number of thioether (sulfide) groups is 1. The van der Waals surface area contributed by atoms with E-state index in [1.54, 1.807) is 25.1 Å². The number of likely N-dealkylation sites (N-methyl/N-ethyl adjacent to an activating group) is 1. The Balaban J connectivity index is 2.38. The van der Waals surface area contributed by atoms with Crippen molar-refractivity contribution in [3.8, 4) is 11.5 Å². The lowest BCUT2D eigenvalue weighted by molar-refractivity contribution is -0.122. The zero-order chi connectivity index (χ0) is 16.3. The summed E-state index contributed by atoms with van der Waals surface area (Å²) in [7, 11) is 1.52. The van der Waals surface area contributed by atoms with Crippen LogP contribution in [0, 0.1) is 0 Å². The first-order valence-corrected chi connectivity index (χ1v) is 7.96. The smallest absolute Gasteiger partial charge is 0.293 e. The van der Waals surface area contributed by atoms with E-state index in [4.69, 9.17) is 21.1 Å². The summed E-state index contributed by atoms with van der Waals surface area (Å²) >= 11 is 7.11. The molecule has 0 atom stereocenters. The maximum absolute atomic E-state index is 12.1. The number of nitrogens with zero attached hydrogens (tertiary/aromatic N) is 1. The second kappa shape index (κ2) is 7.07. The van der Waals surface area contributed by atoms with Gasteiger partial charge in [0.1, 0.15) is 0 Å². The van der Waals surface area contributed by atoms with Gasteiger partial charge < -0.3 is 9.47 Å². The van der Waals surface area contributed by atoms with Crippen LogP contribution < -0.4 is 9.47 Å². The standard InChI is InChI=1S/C15H16ClNO4S/c1-4-17-14(18)12(22-15(17)19)8-9-6-10(16)13(21-5-2)11(7-9)20-3/h6-8H,4-5H2,1-3H3/b12-8-. The summed E-state index contributed by atoms with van der Waals surface area (Å²) in [6.07, 6.45) is 1.63. The van der Waals surface area contributed by atoms with Crippen LogP contribution in [0.4, 0.5) is 4.79 Å². The molecule has 2 rings (SSSR count). The van der Waals surface area contributed by atoms with Gasteiger partial charge in [-0.2, -0.15) is 0 Å². The molecule has 0 N–H and O–H groups in total. The zero-order valence-electron chi connectivity index (χ0n) is 12.5. The third kappa shape index (κ3) is 3.23. The molecular weight excluding hydrogens is 326 g/mol. The summed E-state index contributed by atoms with van der Waals surface area (Å²) in [4.78, 5) is 25.4. The second-order valence-electron chi connectivity index (χ2n) is 4.39. The summed E-state index contributed by atoms with van der Waals surface area (Å²) < 4.78 is 10.7. The van der Waals surface area contributed by atoms with E-state index in [2.05, 4.69) is 0 Å². The Morgan fingerprint density at radius 1 is 1.32 bits per heavy atom. The summed E-state index contributed by atoms with van der Waals surface area (Å²) in [6.45, 7) is 4.43. The van der Waals surface area contributed by atoms with E-state index in [-0.39, 0.29) is 11.1 Å². The van der Waals surface area contributed by atoms with Crippen molar-refractivity contribution in [2.75, 3.05) is 20.3 Å². The van der Waals surface area contributed by atoms with Gasteiger partial charge in [-0.1, -0.05) is 11.6 Å². The van der Waals surface area contributed by atoms with Gasteiger partial charge in [0.2, 0.25) is 0 Å². The topological polar surface area (TPSA) is 55.8 Å². The number of halogens is 1. The Labute approximate surface area is 138 Å². The first-order valence-electron chi connectivity index (χ1n) is 6.77. The normalized spacial score (nSPS) is 16.5. The molecule has 2 amide bonds. The van der Waals surface area contributed by atoms with Crippen molar-refractivity contribution in [1.29, 1.82) is 0 Å². The lowest BCUT2D eigenvalue weighted by Gasteiger charge is -2.12. The molecule has 1 aliphatic heterocycles. The van der Waals surface area contributed by atoms with Gasteiger partial charge in [-0.05, 0) is 49.4 Å². The lowest BCUT2D eigenvalue weighted by Crippen LogP contribution is -2.27. The van der Waals surface area contributed by atoms with Crippen LogP contribution in [-0.2, 0) is 4.79 Å². The molecule has 0 bridgehead atoms. The minimum absolute atomic E-state index is 0.261. The molecule has 1 heterocycles. The van der Waals surface area contributed by atoms with Gasteiger partial charge in [-0.3, -0.25) is 14.5 Å². The van der Waals surface area contributed by atoms with Gasteiger partial charge in [0, 0.05) is 6.54 Å². The number of imide groups is 1. The quantitative estimate of drug-likeness (QED) is 0.762. The average molecular weight is 342 g/mol. The fraction of sp³-hybridized carbons (Fsp3) is 0.333. The van der Waals surface area contributed by atoms with E-state index in [9.17, 15) is 9.59 Å². The van der Waals surface area contributed by atoms with Crippen LogP contribution >= 0.6 is 23.4 Å². The molecule has 7 heteroatoms. The number of amides is 2. The number of rotatable bonds is 5. The van der Waals surface area contributed by atoms with Crippen LogP contribution in [0.2, 0.25) is 5.02 Å². The first-order chi connectivity index (χ1) is 10.5. The van der Waals surface area contributed by atoms with E-state index >= 15 is 0 Å². The van der Waals surface area contributed by atoms with Crippen molar-refractivity contribution in [1.82, 2.24) is 4.90 Å². The van der Waals surface area contributed by atoms with Gasteiger partial charge in [0.05, 0.1) is 23.6 Å². The van der Waals surface area contributed by atoms with Crippen molar-refractivity contribution in [2.45, 2.75) is 13.8 Å². The van der Waals surface area contributed by atoms with Crippen molar-refractivity contribution >= 4 is 40.6 Å². The lowest BCUT2D eigenvalue weighted by atomic mass is 10.1.